The summed E-state index contributed by atoms with van der Waals surface area (Å²) in [6.07, 6.45) is 0. The molecule has 0 atom stereocenters. The van der Waals surface area contributed by atoms with Crippen LogP contribution in [0.15, 0.2) is 18.2 Å². The summed E-state index contributed by atoms with van der Waals surface area (Å²) in [5.74, 6) is 0.567. The van der Waals surface area contributed by atoms with Gasteiger partial charge in [0.05, 0.1) is 11.1 Å². The molecule has 22 heavy (non-hydrogen) atoms. The van der Waals surface area contributed by atoms with Crippen molar-refractivity contribution in [1.29, 1.82) is 0 Å². The summed E-state index contributed by atoms with van der Waals surface area (Å²) < 4.78 is 5.76. The zero-order chi connectivity index (χ0) is 16.7. The van der Waals surface area contributed by atoms with E-state index in [1.54, 1.807) is 30.1 Å². The van der Waals surface area contributed by atoms with Crippen LogP contribution < -0.4 is 15.0 Å². The second-order valence-corrected chi connectivity index (χ2v) is 7.42. The van der Waals surface area contributed by atoms with Crippen LogP contribution in [0, 0.1) is 10.8 Å². The number of amides is 2. The first-order chi connectivity index (χ1) is 10.0. The Balaban J connectivity index is 2.34. The molecule has 1 aromatic carbocycles. The molecule has 120 valence electrons. The van der Waals surface area contributed by atoms with Gasteiger partial charge >= 0.3 is 0 Å². The maximum Gasteiger partial charge on any atom is 0.235 e. The number of benzene rings is 1. The Kier molecular flexibility index (Phi) is 3.94. The van der Waals surface area contributed by atoms with Crippen LogP contribution in [0.5, 0.6) is 5.75 Å². The first-order valence-corrected chi connectivity index (χ1v) is 7.39. The Hall–Kier alpha value is -2.04. The van der Waals surface area contributed by atoms with Gasteiger partial charge in [0, 0.05) is 18.2 Å². The molecule has 0 spiro atoms. The van der Waals surface area contributed by atoms with E-state index in [0.29, 0.717) is 23.7 Å². The number of carbonyl (C=O) groups excluding carboxylic acids is 2. The topological polar surface area (TPSA) is 58.6 Å². The molecule has 0 fully saturated rings. The molecular formula is C17H24N2O3. The molecule has 5 nitrogen and oxygen atoms in total. The summed E-state index contributed by atoms with van der Waals surface area (Å²) in [6.45, 7) is 9.62. The van der Waals surface area contributed by atoms with E-state index >= 15 is 0 Å². The zero-order valence-electron chi connectivity index (χ0n) is 14.1. The second kappa shape index (κ2) is 5.30. The minimum absolute atomic E-state index is 0.00875. The highest BCUT2D eigenvalue weighted by molar-refractivity contribution is 6.00. The molecule has 2 amide bonds. The van der Waals surface area contributed by atoms with Crippen LogP contribution in [0.3, 0.4) is 0 Å². The van der Waals surface area contributed by atoms with Crippen molar-refractivity contribution in [3.63, 3.8) is 0 Å². The number of nitrogens with one attached hydrogen (secondary N) is 1. The lowest BCUT2D eigenvalue weighted by molar-refractivity contribution is -0.127. The van der Waals surface area contributed by atoms with Crippen molar-refractivity contribution in [2.75, 3.05) is 23.9 Å². The van der Waals surface area contributed by atoms with Crippen molar-refractivity contribution in [1.82, 2.24) is 0 Å². The number of nitrogens with zero attached hydrogens (tertiary/aromatic N) is 1. The molecule has 0 aromatic heterocycles. The smallest absolute Gasteiger partial charge is 0.235 e. The van der Waals surface area contributed by atoms with Gasteiger partial charge < -0.3 is 15.0 Å². The zero-order valence-corrected chi connectivity index (χ0v) is 14.1. The van der Waals surface area contributed by atoms with Crippen LogP contribution in [-0.4, -0.2) is 25.5 Å². The van der Waals surface area contributed by atoms with E-state index in [4.69, 9.17) is 4.74 Å². The van der Waals surface area contributed by atoms with Crippen LogP contribution in [0.25, 0.3) is 0 Å². The molecule has 0 aliphatic carbocycles. The molecule has 0 radical (unpaired) electrons. The van der Waals surface area contributed by atoms with Gasteiger partial charge in [0.1, 0.15) is 12.4 Å². The average molecular weight is 304 g/mol. The maximum absolute atomic E-state index is 12.5. The number of rotatable bonds is 1. The maximum atomic E-state index is 12.5. The van der Waals surface area contributed by atoms with Gasteiger partial charge in [-0.3, -0.25) is 9.59 Å². The highest BCUT2D eigenvalue weighted by Gasteiger charge is 2.36. The fourth-order valence-electron chi connectivity index (χ4n) is 2.18. The van der Waals surface area contributed by atoms with E-state index in [2.05, 4.69) is 5.32 Å². The molecule has 1 aliphatic rings. The Labute approximate surface area is 131 Å². The summed E-state index contributed by atoms with van der Waals surface area (Å²) in [5, 5.41) is 2.88. The van der Waals surface area contributed by atoms with Gasteiger partial charge in [-0.05, 0) is 32.0 Å². The summed E-state index contributed by atoms with van der Waals surface area (Å²) in [7, 11) is 1.73. The third kappa shape index (κ3) is 3.08. The number of ether oxygens (including phenoxy) is 1. The lowest BCUT2D eigenvalue weighted by Gasteiger charge is -2.24. The van der Waals surface area contributed by atoms with Crippen molar-refractivity contribution < 1.29 is 14.3 Å². The number of carbonyl (C=O) groups is 2. The highest BCUT2D eigenvalue weighted by atomic mass is 16.5. The molecule has 1 aromatic rings. The summed E-state index contributed by atoms with van der Waals surface area (Å²) in [6, 6.07) is 5.36. The average Bonchev–Trinajstić information content (AvgIpc) is 2.50. The Morgan fingerprint density at radius 3 is 2.55 bits per heavy atom. The molecular weight excluding hydrogens is 280 g/mol. The lowest BCUT2D eigenvalue weighted by Crippen LogP contribution is -2.39. The van der Waals surface area contributed by atoms with Crippen molar-refractivity contribution in [2.45, 2.75) is 34.6 Å². The van der Waals surface area contributed by atoms with E-state index in [1.807, 2.05) is 34.6 Å². The van der Waals surface area contributed by atoms with Crippen LogP contribution in [0.1, 0.15) is 34.6 Å². The molecule has 2 rings (SSSR count). The Morgan fingerprint density at radius 2 is 1.95 bits per heavy atom. The molecule has 0 bridgehead atoms. The third-order valence-corrected chi connectivity index (χ3v) is 3.73. The van der Waals surface area contributed by atoms with Gasteiger partial charge in [0.15, 0.2) is 0 Å². The van der Waals surface area contributed by atoms with Crippen molar-refractivity contribution in [3.8, 4) is 5.75 Å². The van der Waals surface area contributed by atoms with E-state index in [0.717, 1.165) is 0 Å². The number of hydrogen-bond acceptors (Lipinski definition) is 3. The van der Waals surface area contributed by atoms with Gasteiger partial charge in [0.25, 0.3) is 0 Å². The predicted octanol–water partition coefficient (Wildman–Crippen LogP) is 3.05. The molecule has 1 heterocycles. The first kappa shape index (κ1) is 16.3. The normalized spacial score (nSPS) is 17.4. The highest BCUT2D eigenvalue weighted by Crippen LogP contribution is 2.37. The molecule has 0 unspecified atom stereocenters. The largest absolute Gasteiger partial charge is 0.490 e. The lowest BCUT2D eigenvalue weighted by atomic mass is 9.93. The van der Waals surface area contributed by atoms with Crippen LogP contribution in [0.2, 0.25) is 0 Å². The predicted molar refractivity (Wildman–Crippen MR) is 87.2 cm³/mol. The van der Waals surface area contributed by atoms with Crippen LogP contribution in [0.4, 0.5) is 11.4 Å². The van der Waals surface area contributed by atoms with Crippen molar-refractivity contribution in [3.05, 3.63) is 18.2 Å². The van der Waals surface area contributed by atoms with E-state index in [9.17, 15) is 9.59 Å². The molecule has 0 saturated carbocycles. The standard InChI is InChI=1S/C17H24N2O3/c1-16(2,3)14(20)18-11-7-8-13-12(9-11)19(6)15(21)17(4,5)10-22-13/h7-9H,10H2,1-6H3,(H,18,20). The fraction of sp³-hybridized carbons (Fsp3) is 0.529. The van der Waals surface area contributed by atoms with Gasteiger partial charge in [-0.25, -0.2) is 0 Å². The summed E-state index contributed by atoms with van der Waals surface area (Å²) in [5.41, 5.74) is 0.263. The van der Waals surface area contributed by atoms with Crippen molar-refractivity contribution in [2.24, 2.45) is 10.8 Å². The number of hydrogen-bond donors (Lipinski definition) is 1. The fourth-order valence-corrected chi connectivity index (χ4v) is 2.18. The molecule has 5 heteroatoms. The van der Waals surface area contributed by atoms with E-state index < -0.39 is 10.8 Å². The molecule has 0 saturated heterocycles. The summed E-state index contributed by atoms with van der Waals surface area (Å²) in [4.78, 5) is 26.2. The minimum atomic E-state index is -0.581. The van der Waals surface area contributed by atoms with E-state index in [1.165, 1.54) is 0 Å². The first-order valence-electron chi connectivity index (χ1n) is 7.39. The van der Waals surface area contributed by atoms with E-state index in [-0.39, 0.29) is 11.8 Å². The third-order valence-electron chi connectivity index (χ3n) is 3.73. The van der Waals surface area contributed by atoms with Crippen molar-refractivity contribution >= 4 is 23.2 Å². The molecule has 1 aliphatic heterocycles. The summed E-state index contributed by atoms with van der Waals surface area (Å²) >= 11 is 0. The minimum Gasteiger partial charge on any atom is -0.490 e. The number of anilines is 2. The molecule has 1 N–H and O–H groups in total. The van der Waals surface area contributed by atoms with Gasteiger partial charge in [-0.1, -0.05) is 20.8 Å². The Bertz CT molecular complexity index is 615. The van der Waals surface area contributed by atoms with Gasteiger partial charge in [-0.15, -0.1) is 0 Å². The van der Waals surface area contributed by atoms with Crippen LogP contribution in [-0.2, 0) is 9.59 Å². The quantitative estimate of drug-likeness (QED) is 0.867. The van der Waals surface area contributed by atoms with Gasteiger partial charge in [-0.2, -0.15) is 0 Å². The van der Waals surface area contributed by atoms with Crippen LogP contribution >= 0.6 is 0 Å². The second-order valence-electron chi connectivity index (χ2n) is 7.42. The van der Waals surface area contributed by atoms with Gasteiger partial charge in [0.2, 0.25) is 11.8 Å². The Morgan fingerprint density at radius 1 is 1.32 bits per heavy atom. The monoisotopic (exact) mass is 304 g/mol. The number of fused-ring (bicyclic) bond motifs is 1. The SMILES string of the molecule is CN1C(=O)C(C)(C)COc2ccc(NC(=O)C(C)(C)C)cc21.